The fourth-order valence-electron chi connectivity index (χ4n) is 1.79. The van der Waals surface area contributed by atoms with E-state index in [-0.39, 0.29) is 18.9 Å². The molecule has 0 spiro atoms. The van der Waals surface area contributed by atoms with E-state index in [1.54, 1.807) is 11.0 Å². The van der Waals surface area contributed by atoms with Gasteiger partial charge in [0.1, 0.15) is 5.75 Å². The van der Waals surface area contributed by atoms with E-state index in [0.29, 0.717) is 19.7 Å². The topological polar surface area (TPSA) is 49.8 Å². The van der Waals surface area contributed by atoms with E-state index < -0.39 is 0 Å². The Morgan fingerprint density at radius 3 is 2.95 bits per heavy atom. The van der Waals surface area contributed by atoms with Crippen LogP contribution in [0.4, 0.5) is 0 Å². The summed E-state index contributed by atoms with van der Waals surface area (Å²) in [7, 11) is 0. The molecule has 0 aliphatic rings. The number of aliphatic hydroxyl groups excluding tert-OH is 1. The third-order valence-corrected chi connectivity index (χ3v) is 2.62. The van der Waals surface area contributed by atoms with Crippen LogP contribution in [-0.2, 0) is 11.3 Å². The second-order valence-corrected chi connectivity index (χ2v) is 4.11. The van der Waals surface area contributed by atoms with Crippen molar-refractivity contribution < 1.29 is 14.6 Å². The summed E-state index contributed by atoms with van der Waals surface area (Å²) < 4.78 is 5.43. The van der Waals surface area contributed by atoms with Gasteiger partial charge in [0.15, 0.2) is 0 Å². The minimum atomic E-state index is -0.0476. The number of aliphatic hydroxyl groups is 1. The Bertz CT molecular complexity index is 418. The molecule has 1 aromatic rings. The van der Waals surface area contributed by atoms with Gasteiger partial charge < -0.3 is 14.7 Å². The van der Waals surface area contributed by atoms with E-state index in [9.17, 15) is 4.79 Å². The number of rotatable bonds is 8. The van der Waals surface area contributed by atoms with Crippen LogP contribution < -0.4 is 4.74 Å². The van der Waals surface area contributed by atoms with Gasteiger partial charge in [0.2, 0.25) is 5.91 Å². The minimum absolute atomic E-state index is 0.0362. The fraction of sp³-hybridized carbons (Fsp3) is 0.400. The highest BCUT2D eigenvalue weighted by Crippen LogP contribution is 2.15. The summed E-state index contributed by atoms with van der Waals surface area (Å²) in [6, 6.07) is 7.63. The molecule has 0 atom stereocenters. The molecule has 104 valence electrons. The van der Waals surface area contributed by atoms with Crippen molar-refractivity contribution in [3.8, 4) is 5.75 Å². The highest BCUT2D eigenvalue weighted by Gasteiger charge is 2.12. The second-order valence-electron chi connectivity index (χ2n) is 4.11. The molecule has 0 fully saturated rings. The molecule has 4 heteroatoms. The molecule has 0 aliphatic heterocycles. The van der Waals surface area contributed by atoms with Gasteiger partial charge in [0.05, 0.1) is 13.2 Å². The second kappa shape index (κ2) is 8.32. The molecule has 0 radical (unpaired) electrons. The van der Waals surface area contributed by atoms with Crippen molar-refractivity contribution in [3.05, 3.63) is 42.5 Å². The van der Waals surface area contributed by atoms with Crippen molar-refractivity contribution in [1.29, 1.82) is 0 Å². The predicted octanol–water partition coefficient (Wildman–Crippen LogP) is 1.98. The number of nitrogens with zero attached hydrogens (tertiary/aromatic N) is 1. The third-order valence-electron chi connectivity index (χ3n) is 2.62. The molecule has 0 aromatic heterocycles. The number of amides is 1. The maximum Gasteiger partial charge on any atom is 0.226 e. The van der Waals surface area contributed by atoms with Gasteiger partial charge in [-0.15, -0.1) is 6.58 Å². The van der Waals surface area contributed by atoms with Crippen LogP contribution in [0.5, 0.6) is 5.75 Å². The third kappa shape index (κ3) is 5.14. The Hall–Kier alpha value is -1.81. The number of carbonyl (C=O) groups excluding carboxylic acids is 1. The summed E-state index contributed by atoms with van der Waals surface area (Å²) in [4.78, 5) is 13.5. The molecule has 0 saturated heterocycles. The molecule has 0 heterocycles. The smallest absolute Gasteiger partial charge is 0.226 e. The van der Waals surface area contributed by atoms with E-state index >= 15 is 0 Å². The van der Waals surface area contributed by atoms with Gasteiger partial charge in [0, 0.05) is 19.5 Å². The molecule has 19 heavy (non-hydrogen) atoms. The normalized spacial score (nSPS) is 10.0. The quantitative estimate of drug-likeness (QED) is 0.730. The largest absolute Gasteiger partial charge is 0.494 e. The van der Waals surface area contributed by atoms with E-state index in [1.807, 2.05) is 31.2 Å². The minimum Gasteiger partial charge on any atom is -0.494 e. The van der Waals surface area contributed by atoms with Gasteiger partial charge in [-0.05, 0) is 24.6 Å². The summed E-state index contributed by atoms with van der Waals surface area (Å²) in [5, 5.41) is 9.03. The van der Waals surface area contributed by atoms with Crippen molar-refractivity contribution in [1.82, 2.24) is 4.90 Å². The average Bonchev–Trinajstić information content (AvgIpc) is 2.39. The number of carbonyl (C=O) groups is 1. The Labute approximate surface area is 114 Å². The molecular formula is C15H21NO3. The summed E-state index contributed by atoms with van der Waals surface area (Å²) in [5.41, 5.74) is 0.983. The van der Waals surface area contributed by atoms with E-state index in [4.69, 9.17) is 9.84 Å². The molecule has 0 saturated carbocycles. The first kappa shape index (κ1) is 15.2. The van der Waals surface area contributed by atoms with Crippen LogP contribution in [-0.4, -0.2) is 35.7 Å². The zero-order valence-electron chi connectivity index (χ0n) is 11.3. The van der Waals surface area contributed by atoms with Crippen molar-refractivity contribution in [2.24, 2.45) is 0 Å². The van der Waals surface area contributed by atoms with Gasteiger partial charge in [-0.3, -0.25) is 4.79 Å². The fourth-order valence-corrected chi connectivity index (χ4v) is 1.79. The average molecular weight is 263 g/mol. The van der Waals surface area contributed by atoms with Crippen LogP contribution in [0.1, 0.15) is 18.9 Å². The maximum atomic E-state index is 11.9. The summed E-state index contributed by atoms with van der Waals surface area (Å²) in [5.74, 6) is 0.756. The standard InChI is InChI=1S/C15H21NO3/c1-3-6-15(18)16(9-10-17)12-13-7-5-8-14(11-13)19-4-2/h3,5,7-8,11,17H,1,4,6,9-10,12H2,2H3. The van der Waals surface area contributed by atoms with E-state index in [0.717, 1.165) is 11.3 Å². The first-order valence-corrected chi connectivity index (χ1v) is 6.42. The van der Waals surface area contributed by atoms with Gasteiger partial charge in [-0.1, -0.05) is 18.2 Å². The van der Waals surface area contributed by atoms with Crippen LogP contribution >= 0.6 is 0 Å². The maximum absolute atomic E-state index is 11.9. The zero-order valence-corrected chi connectivity index (χ0v) is 11.3. The first-order valence-electron chi connectivity index (χ1n) is 6.42. The van der Waals surface area contributed by atoms with Crippen LogP contribution in [0.15, 0.2) is 36.9 Å². The molecule has 1 amide bonds. The van der Waals surface area contributed by atoms with Gasteiger partial charge in [0.25, 0.3) is 0 Å². The van der Waals surface area contributed by atoms with Gasteiger partial charge in [-0.25, -0.2) is 0 Å². The molecule has 1 N–H and O–H groups in total. The molecule has 0 bridgehead atoms. The number of hydrogen-bond donors (Lipinski definition) is 1. The lowest BCUT2D eigenvalue weighted by atomic mass is 10.2. The van der Waals surface area contributed by atoms with Crippen molar-refractivity contribution >= 4 is 5.91 Å². The SMILES string of the molecule is C=CCC(=O)N(CCO)Cc1cccc(OCC)c1. The molecule has 0 aliphatic carbocycles. The Balaban J connectivity index is 2.74. The Kier molecular flexibility index (Phi) is 6.68. The van der Waals surface area contributed by atoms with Gasteiger partial charge in [-0.2, -0.15) is 0 Å². The lowest BCUT2D eigenvalue weighted by molar-refractivity contribution is -0.131. The first-order chi connectivity index (χ1) is 9.21. The molecule has 1 rings (SSSR count). The summed E-state index contributed by atoms with van der Waals surface area (Å²) in [6.07, 6.45) is 1.86. The lowest BCUT2D eigenvalue weighted by Crippen LogP contribution is -2.32. The van der Waals surface area contributed by atoms with E-state index in [2.05, 4.69) is 6.58 Å². The predicted molar refractivity (Wildman–Crippen MR) is 74.9 cm³/mol. The van der Waals surface area contributed by atoms with Crippen molar-refractivity contribution in [3.63, 3.8) is 0 Å². The summed E-state index contributed by atoms with van der Waals surface area (Å²) in [6.45, 7) is 6.84. The Morgan fingerprint density at radius 1 is 1.53 bits per heavy atom. The zero-order chi connectivity index (χ0) is 14.1. The summed E-state index contributed by atoms with van der Waals surface area (Å²) >= 11 is 0. The number of hydrogen-bond acceptors (Lipinski definition) is 3. The highest BCUT2D eigenvalue weighted by atomic mass is 16.5. The number of benzene rings is 1. The molecular weight excluding hydrogens is 242 g/mol. The van der Waals surface area contributed by atoms with Crippen LogP contribution in [0.25, 0.3) is 0 Å². The van der Waals surface area contributed by atoms with Crippen molar-refractivity contribution in [2.75, 3.05) is 19.8 Å². The lowest BCUT2D eigenvalue weighted by Gasteiger charge is -2.21. The molecule has 4 nitrogen and oxygen atoms in total. The van der Waals surface area contributed by atoms with Crippen LogP contribution in [0.2, 0.25) is 0 Å². The van der Waals surface area contributed by atoms with Crippen LogP contribution in [0, 0.1) is 0 Å². The molecule has 0 unspecified atom stereocenters. The van der Waals surface area contributed by atoms with Gasteiger partial charge >= 0.3 is 0 Å². The highest BCUT2D eigenvalue weighted by molar-refractivity contribution is 5.77. The van der Waals surface area contributed by atoms with Crippen LogP contribution in [0.3, 0.4) is 0 Å². The van der Waals surface area contributed by atoms with E-state index in [1.165, 1.54) is 0 Å². The number of ether oxygens (including phenoxy) is 1. The Morgan fingerprint density at radius 2 is 2.32 bits per heavy atom. The van der Waals surface area contributed by atoms with Crippen molar-refractivity contribution in [2.45, 2.75) is 19.9 Å². The molecule has 1 aromatic carbocycles. The monoisotopic (exact) mass is 263 g/mol.